The van der Waals surface area contributed by atoms with Crippen LogP contribution < -0.4 is 19.5 Å². The van der Waals surface area contributed by atoms with Crippen molar-refractivity contribution in [3.63, 3.8) is 0 Å². The van der Waals surface area contributed by atoms with Crippen molar-refractivity contribution in [1.82, 2.24) is 0 Å². The highest BCUT2D eigenvalue weighted by Gasteiger charge is 2.04. The van der Waals surface area contributed by atoms with Gasteiger partial charge in [0, 0.05) is 5.69 Å². The highest BCUT2D eigenvalue weighted by Crippen LogP contribution is 2.18. The Labute approximate surface area is 185 Å². The van der Waals surface area contributed by atoms with Gasteiger partial charge in [0.15, 0.2) is 0 Å². The summed E-state index contributed by atoms with van der Waals surface area (Å²) in [5.74, 6) is 2.33. The minimum atomic E-state index is -0.518. The first-order valence-electron chi connectivity index (χ1n) is 11.2. The molecule has 170 valence electrons. The molecule has 2 aromatic carbocycles. The van der Waals surface area contributed by atoms with Crippen molar-refractivity contribution in [3.05, 3.63) is 48.5 Å². The molecule has 0 radical (unpaired) electrons. The van der Waals surface area contributed by atoms with Crippen molar-refractivity contribution in [1.29, 1.82) is 0 Å². The summed E-state index contributed by atoms with van der Waals surface area (Å²) in [4.78, 5) is 11.9. The van der Waals surface area contributed by atoms with E-state index in [2.05, 4.69) is 19.2 Å². The highest BCUT2D eigenvalue weighted by molar-refractivity contribution is 5.84. The predicted octanol–water partition coefficient (Wildman–Crippen LogP) is 6.45. The number of anilines is 1. The van der Waals surface area contributed by atoms with Crippen molar-refractivity contribution >= 4 is 11.8 Å². The summed E-state index contributed by atoms with van der Waals surface area (Å²) in [6, 6.07) is 14.7. The van der Waals surface area contributed by atoms with Crippen LogP contribution in [0.15, 0.2) is 48.5 Å². The van der Waals surface area contributed by atoms with Crippen molar-refractivity contribution in [2.75, 3.05) is 31.7 Å². The smallest absolute Gasteiger partial charge is 0.411 e. The zero-order valence-electron chi connectivity index (χ0n) is 18.7. The molecule has 0 spiro atoms. The molecule has 0 heterocycles. The van der Waals surface area contributed by atoms with E-state index in [9.17, 15) is 4.79 Å². The van der Waals surface area contributed by atoms with E-state index in [4.69, 9.17) is 18.9 Å². The Hall–Kier alpha value is -2.89. The average molecular weight is 430 g/mol. The van der Waals surface area contributed by atoms with E-state index in [1.54, 1.807) is 12.1 Å². The number of amides is 1. The van der Waals surface area contributed by atoms with Crippen molar-refractivity contribution < 1.29 is 23.7 Å². The Morgan fingerprint density at radius 2 is 1.16 bits per heavy atom. The molecule has 0 aromatic heterocycles. The third-order valence-corrected chi connectivity index (χ3v) is 4.54. The van der Waals surface area contributed by atoms with E-state index < -0.39 is 6.09 Å². The van der Waals surface area contributed by atoms with Crippen molar-refractivity contribution in [2.45, 2.75) is 52.4 Å². The van der Waals surface area contributed by atoms with E-state index in [0.29, 0.717) is 18.0 Å². The molecule has 2 rings (SSSR count). The fourth-order valence-electron chi connectivity index (χ4n) is 2.77. The number of hydrogen-bond donors (Lipinski definition) is 1. The molecule has 0 unspecified atom stereocenters. The first-order chi connectivity index (χ1) is 15.2. The van der Waals surface area contributed by atoms with Crippen LogP contribution in [0.2, 0.25) is 0 Å². The molecular weight excluding hydrogens is 394 g/mol. The Morgan fingerprint density at radius 1 is 0.645 bits per heavy atom. The molecule has 0 aliphatic carbocycles. The van der Waals surface area contributed by atoms with Crippen LogP contribution in [0, 0.1) is 0 Å². The van der Waals surface area contributed by atoms with Gasteiger partial charge in [-0.15, -0.1) is 0 Å². The standard InChI is InChI=1S/C25H35NO5/c1-3-5-7-8-18-29-23-13-15-24(16-14-23)30-19-20-31-25(27)26-21-9-11-22(12-10-21)28-17-6-4-2/h9-16H,3-8,17-20H2,1-2H3,(H,26,27). The van der Waals surface area contributed by atoms with Gasteiger partial charge in [0.1, 0.15) is 30.5 Å². The summed E-state index contributed by atoms with van der Waals surface area (Å²) in [5.41, 5.74) is 0.652. The van der Waals surface area contributed by atoms with Gasteiger partial charge in [0.25, 0.3) is 0 Å². The molecule has 6 heteroatoms. The third kappa shape index (κ3) is 10.6. The lowest BCUT2D eigenvalue weighted by atomic mass is 10.2. The first-order valence-corrected chi connectivity index (χ1v) is 11.2. The first kappa shape index (κ1) is 24.4. The number of nitrogens with one attached hydrogen (secondary N) is 1. The van der Waals surface area contributed by atoms with Crippen LogP contribution in [-0.4, -0.2) is 32.5 Å². The maximum absolute atomic E-state index is 11.9. The van der Waals surface area contributed by atoms with Gasteiger partial charge in [-0.05, 0) is 61.4 Å². The van der Waals surface area contributed by atoms with Gasteiger partial charge in [0.05, 0.1) is 13.2 Å². The SMILES string of the molecule is CCCCCCOc1ccc(OCCOC(=O)Nc2ccc(OCCCC)cc2)cc1. The van der Waals surface area contributed by atoms with Crippen LogP contribution in [0.25, 0.3) is 0 Å². The lowest BCUT2D eigenvalue weighted by molar-refractivity contribution is 0.138. The lowest BCUT2D eigenvalue weighted by Gasteiger charge is -2.10. The zero-order valence-corrected chi connectivity index (χ0v) is 18.7. The summed E-state index contributed by atoms with van der Waals surface area (Å²) < 4.78 is 22.1. The number of hydrogen-bond acceptors (Lipinski definition) is 5. The van der Waals surface area contributed by atoms with Gasteiger partial charge in [-0.2, -0.15) is 0 Å². The largest absolute Gasteiger partial charge is 0.494 e. The Kier molecular flexibility index (Phi) is 11.8. The van der Waals surface area contributed by atoms with Gasteiger partial charge in [-0.3, -0.25) is 5.32 Å². The van der Waals surface area contributed by atoms with Crippen LogP contribution in [0.1, 0.15) is 52.4 Å². The quantitative estimate of drug-likeness (QED) is 0.329. The van der Waals surface area contributed by atoms with Crippen molar-refractivity contribution in [3.8, 4) is 17.2 Å². The molecular formula is C25H35NO5. The lowest BCUT2D eigenvalue weighted by Crippen LogP contribution is -2.17. The Balaban J connectivity index is 1.58. The van der Waals surface area contributed by atoms with E-state index in [1.165, 1.54) is 19.3 Å². The van der Waals surface area contributed by atoms with Crippen LogP contribution in [-0.2, 0) is 4.74 Å². The second kappa shape index (κ2) is 15.0. The Morgan fingerprint density at radius 3 is 1.74 bits per heavy atom. The third-order valence-electron chi connectivity index (χ3n) is 4.54. The van der Waals surface area contributed by atoms with E-state index in [0.717, 1.165) is 37.4 Å². The Bertz CT molecular complexity index is 731. The molecule has 6 nitrogen and oxygen atoms in total. The molecule has 0 fully saturated rings. The number of rotatable bonds is 15. The fraction of sp³-hybridized carbons (Fsp3) is 0.480. The summed E-state index contributed by atoms with van der Waals surface area (Å²) in [6.07, 6.45) is 6.33. The number of ether oxygens (including phenoxy) is 4. The van der Waals surface area contributed by atoms with Gasteiger partial charge in [0.2, 0.25) is 0 Å². The maximum atomic E-state index is 11.9. The second-order valence-electron chi connectivity index (χ2n) is 7.22. The molecule has 0 saturated carbocycles. The van der Waals surface area contributed by atoms with Crippen molar-refractivity contribution in [2.24, 2.45) is 0 Å². The molecule has 31 heavy (non-hydrogen) atoms. The minimum Gasteiger partial charge on any atom is -0.494 e. The molecule has 0 aliphatic heterocycles. The molecule has 0 bridgehead atoms. The average Bonchev–Trinajstić information content (AvgIpc) is 2.79. The number of carbonyl (C=O) groups is 1. The van der Waals surface area contributed by atoms with Crippen LogP contribution in [0.5, 0.6) is 17.2 Å². The maximum Gasteiger partial charge on any atom is 0.411 e. The number of benzene rings is 2. The van der Waals surface area contributed by atoms with Gasteiger partial charge in [-0.1, -0.05) is 39.5 Å². The fourth-order valence-corrected chi connectivity index (χ4v) is 2.77. The monoisotopic (exact) mass is 429 g/mol. The predicted molar refractivity (Wildman–Crippen MR) is 123 cm³/mol. The minimum absolute atomic E-state index is 0.153. The van der Waals surface area contributed by atoms with E-state index >= 15 is 0 Å². The van der Waals surface area contributed by atoms with Gasteiger partial charge < -0.3 is 18.9 Å². The van der Waals surface area contributed by atoms with Crippen LogP contribution in [0.3, 0.4) is 0 Å². The molecule has 0 atom stereocenters. The van der Waals surface area contributed by atoms with Gasteiger partial charge >= 0.3 is 6.09 Å². The topological polar surface area (TPSA) is 66.0 Å². The van der Waals surface area contributed by atoms with E-state index in [1.807, 2.05) is 36.4 Å². The summed E-state index contributed by atoms with van der Waals surface area (Å²) in [6.45, 7) is 6.17. The zero-order chi connectivity index (χ0) is 22.2. The molecule has 0 aliphatic rings. The normalized spacial score (nSPS) is 10.4. The van der Waals surface area contributed by atoms with Crippen LogP contribution >= 0.6 is 0 Å². The van der Waals surface area contributed by atoms with E-state index in [-0.39, 0.29) is 13.2 Å². The van der Waals surface area contributed by atoms with Crippen LogP contribution in [0.4, 0.5) is 10.5 Å². The molecule has 1 N–H and O–H groups in total. The summed E-state index contributed by atoms with van der Waals surface area (Å²) >= 11 is 0. The molecule has 2 aromatic rings. The summed E-state index contributed by atoms with van der Waals surface area (Å²) in [7, 11) is 0. The number of carbonyl (C=O) groups excluding carboxylic acids is 1. The number of unbranched alkanes of at least 4 members (excludes halogenated alkanes) is 4. The summed E-state index contributed by atoms with van der Waals surface area (Å²) in [5, 5.41) is 2.69. The molecule has 1 amide bonds. The van der Waals surface area contributed by atoms with Gasteiger partial charge in [-0.25, -0.2) is 4.79 Å². The second-order valence-corrected chi connectivity index (χ2v) is 7.22. The molecule has 0 saturated heterocycles. The highest BCUT2D eigenvalue weighted by atomic mass is 16.6.